The zero-order valence-electron chi connectivity index (χ0n) is 28.2. The van der Waals surface area contributed by atoms with Gasteiger partial charge in [-0.1, -0.05) is 43.3 Å². The Balaban J connectivity index is 1.50. The lowest BCUT2D eigenvalue weighted by atomic mass is 9.80. The van der Waals surface area contributed by atoms with Crippen LogP contribution in [0.1, 0.15) is 73.7 Å². The summed E-state index contributed by atoms with van der Waals surface area (Å²) in [4.78, 5) is 17.5. The lowest BCUT2D eigenvalue weighted by Crippen LogP contribution is -2.38. The summed E-state index contributed by atoms with van der Waals surface area (Å²) in [6, 6.07) is 11.9. The van der Waals surface area contributed by atoms with Gasteiger partial charge in [0.15, 0.2) is 0 Å². The van der Waals surface area contributed by atoms with Crippen LogP contribution in [0.2, 0.25) is 0 Å². The third-order valence-electron chi connectivity index (χ3n) is 8.72. The summed E-state index contributed by atoms with van der Waals surface area (Å²) in [6.45, 7) is 10.0. The highest BCUT2D eigenvalue weighted by Gasteiger charge is 2.40. The molecular formula is C35H41F3N6O4S. The largest absolute Gasteiger partial charge is 0.416 e. The van der Waals surface area contributed by atoms with Crippen LogP contribution in [0.4, 0.5) is 18.9 Å². The Morgan fingerprint density at radius 1 is 1.14 bits per heavy atom. The first-order valence-electron chi connectivity index (χ1n) is 16.1. The van der Waals surface area contributed by atoms with Gasteiger partial charge in [0.25, 0.3) is 0 Å². The number of pyridine rings is 1. The Bertz CT molecular complexity index is 1900. The number of anilines is 1. The van der Waals surface area contributed by atoms with E-state index in [9.17, 15) is 26.4 Å². The van der Waals surface area contributed by atoms with Gasteiger partial charge in [-0.15, -0.1) is 5.10 Å². The second-order valence-electron chi connectivity index (χ2n) is 13.2. The molecule has 0 bridgehead atoms. The number of alkyl halides is 3. The van der Waals surface area contributed by atoms with Crippen LogP contribution in [-0.4, -0.2) is 45.2 Å². The second-order valence-corrected chi connectivity index (χ2v) is 15.1. The molecule has 0 saturated heterocycles. The zero-order valence-corrected chi connectivity index (χ0v) is 29.0. The predicted molar refractivity (Wildman–Crippen MR) is 178 cm³/mol. The van der Waals surface area contributed by atoms with Gasteiger partial charge in [-0.2, -0.15) is 17.5 Å². The van der Waals surface area contributed by atoms with Crippen LogP contribution < -0.4 is 5.32 Å². The van der Waals surface area contributed by atoms with Crippen LogP contribution in [0.25, 0.3) is 0 Å². The number of carbonyl (C=O) groups is 1. The van der Waals surface area contributed by atoms with Gasteiger partial charge in [0.2, 0.25) is 15.9 Å². The van der Waals surface area contributed by atoms with Gasteiger partial charge >= 0.3 is 6.18 Å². The minimum Gasteiger partial charge on any atom is -0.366 e. The normalized spacial score (nSPS) is 17.3. The molecule has 1 aliphatic rings. The molecule has 0 aliphatic carbocycles. The predicted octanol–water partition coefficient (Wildman–Crippen LogP) is 6.72. The van der Waals surface area contributed by atoms with Crippen molar-refractivity contribution in [1.29, 1.82) is 0 Å². The van der Waals surface area contributed by atoms with Crippen molar-refractivity contribution in [3.63, 3.8) is 0 Å². The summed E-state index contributed by atoms with van der Waals surface area (Å²) in [5, 5.41) is 11.3. The van der Waals surface area contributed by atoms with Crippen molar-refractivity contribution in [3.8, 4) is 0 Å². The Hall–Kier alpha value is -4.14. The molecule has 0 unspecified atom stereocenters. The van der Waals surface area contributed by atoms with Gasteiger partial charge < -0.3 is 10.1 Å². The maximum atomic E-state index is 14.0. The second kappa shape index (κ2) is 14.4. The van der Waals surface area contributed by atoms with Crippen molar-refractivity contribution >= 4 is 21.6 Å². The standard InChI is InChI=1S/C35H41F3N6O4S/c1-6-14-43-21-30(41-42-43)22-48-32(34(4,5)33(45)40-29-8-7-13-39-18-29)26-10-9-24(3)27(16-26)20-44-19-23(2)15-25-11-12-28(35(36,37)38)17-31(25)49(44,46)47/h7-13,16-18,21,23,32H,6,14-15,19-20,22H2,1-5H3,(H,40,45)/t23-,32+/m0/s1. The SMILES string of the molecule is CCCn1cc(CO[C@H](c2ccc(C)c(CN3C[C@@H](C)Cc4ccc(C(F)(F)F)cc4S3(=O)=O)c2)C(C)(C)C(=O)Nc2cccnc2)nn1. The Labute approximate surface area is 284 Å². The number of hydrogen-bond donors (Lipinski definition) is 1. The highest BCUT2D eigenvalue weighted by atomic mass is 32.2. The number of nitrogens with one attached hydrogen (secondary N) is 1. The monoisotopic (exact) mass is 698 g/mol. The van der Waals surface area contributed by atoms with E-state index < -0.39 is 33.3 Å². The van der Waals surface area contributed by atoms with Gasteiger partial charge in [-0.05, 0) is 86.1 Å². The molecule has 1 aliphatic heterocycles. The van der Waals surface area contributed by atoms with E-state index in [1.807, 2.05) is 39.0 Å². The van der Waals surface area contributed by atoms with Gasteiger partial charge in [0, 0.05) is 25.8 Å². The molecule has 1 amide bonds. The summed E-state index contributed by atoms with van der Waals surface area (Å²) < 4.78 is 78.2. The van der Waals surface area contributed by atoms with Crippen LogP contribution in [0, 0.1) is 18.3 Å². The topological polar surface area (TPSA) is 119 Å². The first-order valence-corrected chi connectivity index (χ1v) is 17.6. The minimum atomic E-state index is -4.69. The fourth-order valence-electron chi connectivity index (χ4n) is 6.01. The van der Waals surface area contributed by atoms with Crippen LogP contribution in [0.15, 0.2) is 72.0 Å². The van der Waals surface area contributed by atoms with E-state index in [-0.39, 0.29) is 36.4 Å². The molecular weight excluding hydrogens is 657 g/mol. The number of aryl methyl sites for hydroxylation is 2. The number of sulfonamides is 1. The molecule has 0 radical (unpaired) electrons. The van der Waals surface area contributed by atoms with Gasteiger partial charge in [0.1, 0.15) is 5.69 Å². The average Bonchev–Trinajstić information content (AvgIpc) is 3.46. The molecule has 2 aromatic carbocycles. The Morgan fingerprint density at radius 3 is 2.61 bits per heavy atom. The maximum Gasteiger partial charge on any atom is 0.416 e. The van der Waals surface area contributed by atoms with Crippen molar-refractivity contribution in [2.75, 3.05) is 11.9 Å². The molecule has 0 fully saturated rings. The number of amides is 1. The smallest absolute Gasteiger partial charge is 0.366 e. The van der Waals surface area contributed by atoms with Crippen molar-refractivity contribution in [1.82, 2.24) is 24.3 Å². The number of carbonyl (C=O) groups excluding carboxylic acids is 1. The third kappa shape index (κ3) is 8.19. The van der Waals surface area contributed by atoms with Crippen LogP contribution in [-0.2, 0) is 51.8 Å². The third-order valence-corrected chi connectivity index (χ3v) is 10.6. The molecule has 262 valence electrons. The highest BCUT2D eigenvalue weighted by molar-refractivity contribution is 7.89. The van der Waals surface area contributed by atoms with Crippen LogP contribution in [0.5, 0.6) is 0 Å². The molecule has 2 aromatic heterocycles. The van der Waals surface area contributed by atoms with E-state index in [1.54, 1.807) is 43.1 Å². The molecule has 2 atom stereocenters. The lowest BCUT2D eigenvalue weighted by molar-refractivity contribution is -0.137. The number of halogens is 3. The van der Waals surface area contributed by atoms with Crippen molar-refractivity contribution in [2.24, 2.45) is 11.3 Å². The highest BCUT2D eigenvalue weighted by Crippen LogP contribution is 2.40. The molecule has 3 heterocycles. The van der Waals surface area contributed by atoms with E-state index in [0.29, 0.717) is 41.0 Å². The summed E-state index contributed by atoms with van der Waals surface area (Å²) in [5.41, 5.74) is 1.32. The summed E-state index contributed by atoms with van der Waals surface area (Å²) in [6.07, 6.45) is 0.616. The van der Waals surface area contributed by atoms with E-state index in [1.165, 1.54) is 16.6 Å². The molecule has 0 saturated carbocycles. The maximum absolute atomic E-state index is 14.0. The summed E-state index contributed by atoms with van der Waals surface area (Å²) in [7, 11) is -4.29. The molecule has 1 N–H and O–H groups in total. The number of hydrogen-bond acceptors (Lipinski definition) is 7. The molecule has 14 heteroatoms. The van der Waals surface area contributed by atoms with Crippen LogP contribution in [0.3, 0.4) is 0 Å². The molecule has 49 heavy (non-hydrogen) atoms. The quantitative estimate of drug-likeness (QED) is 0.185. The van der Waals surface area contributed by atoms with E-state index in [2.05, 4.69) is 20.6 Å². The number of nitrogens with zero attached hydrogens (tertiary/aromatic N) is 5. The summed E-state index contributed by atoms with van der Waals surface area (Å²) in [5.74, 6) is -0.480. The van der Waals surface area contributed by atoms with E-state index >= 15 is 0 Å². The number of rotatable bonds is 11. The Morgan fingerprint density at radius 2 is 1.92 bits per heavy atom. The molecule has 0 spiro atoms. The van der Waals surface area contributed by atoms with E-state index in [4.69, 9.17) is 4.74 Å². The summed E-state index contributed by atoms with van der Waals surface area (Å²) >= 11 is 0. The molecule has 10 nitrogen and oxygen atoms in total. The van der Waals surface area contributed by atoms with E-state index in [0.717, 1.165) is 24.1 Å². The number of benzene rings is 2. The minimum absolute atomic E-state index is 0.0531. The zero-order chi connectivity index (χ0) is 35.6. The van der Waals surface area contributed by atoms with Crippen molar-refractivity contribution in [3.05, 3.63) is 101 Å². The fraction of sp³-hybridized carbons (Fsp3) is 0.429. The molecule has 4 aromatic rings. The lowest BCUT2D eigenvalue weighted by Gasteiger charge is -2.34. The number of aromatic nitrogens is 4. The van der Waals surface area contributed by atoms with Gasteiger partial charge in [-0.25, -0.2) is 8.42 Å². The Kier molecular flexibility index (Phi) is 10.6. The fourth-order valence-corrected chi connectivity index (χ4v) is 7.81. The first-order chi connectivity index (χ1) is 23.1. The molecule has 5 rings (SSSR count). The van der Waals surface area contributed by atoms with Gasteiger partial charge in [0.05, 0.1) is 46.7 Å². The average molecular weight is 699 g/mol. The van der Waals surface area contributed by atoms with Gasteiger partial charge in [-0.3, -0.25) is 14.5 Å². The number of fused-ring (bicyclic) bond motifs is 1. The number of ether oxygens (including phenoxy) is 1. The van der Waals surface area contributed by atoms with Crippen molar-refractivity contribution < 1.29 is 31.1 Å². The first kappa shape index (κ1) is 36.1. The van der Waals surface area contributed by atoms with Crippen LogP contribution >= 0.6 is 0 Å². The van der Waals surface area contributed by atoms with Crippen molar-refractivity contribution in [2.45, 2.75) is 84.3 Å².